The van der Waals surface area contributed by atoms with Gasteiger partial charge < -0.3 is 9.88 Å². The van der Waals surface area contributed by atoms with Crippen molar-refractivity contribution >= 4 is 0 Å². The molecule has 21 heavy (non-hydrogen) atoms. The van der Waals surface area contributed by atoms with Gasteiger partial charge >= 0.3 is 0 Å². The van der Waals surface area contributed by atoms with E-state index in [9.17, 15) is 4.39 Å². The largest absolute Gasteiger partial charge is 0.346 e. The molecule has 0 aliphatic heterocycles. The van der Waals surface area contributed by atoms with Crippen molar-refractivity contribution in [2.75, 3.05) is 6.54 Å². The summed E-state index contributed by atoms with van der Waals surface area (Å²) in [5.74, 6) is 0.174. The molecule has 1 heterocycles. The lowest BCUT2D eigenvalue weighted by atomic mass is 10.1. The van der Waals surface area contributed by atoms with E-state index >= 15 is 0 Å². The van der Waals surface area contributed by atoms with Gasteiger partial charge in [0.2, 0.25) is 0 Å². The topological polar surface area (TPSA) is 40.8 Å². The van der Waals surface area contributed by atoms with E-state index in [0.29, 0.717) is 18.0 Å². The zero-order valence-corrected chi connectivity index (χ0v) is 12.4. The molecule has 2 rings (SSSR count). The number of hydrogen-bond donors (Lipinski definition) is 1. The summed E-state index contributed by atoms with van der Waals surface area (Å²) >= 11 is 0. The Hall–Kier alpha value is -2.12. The van der Waals surface area contributed by atoms with Crippen LogP contribution in [0.3, 0.4) is 0 Å². The highest BCUT2D eigenvalue weighted by atomic mass is 19.1. The maximum atomic E-state index is 14.1. The molecule has 0 saturated carbocycles. The lowest BCUT2D eigenvalue weighted by molar-refractivity contribution is 0.536. The predicted octanol–water partition coefficient (Wildman–Crippen LogP) is 3.29. The quantitative estimate of drug-likeness (QED) is 0.884. The van der Waals surface area contributed by atoms with Crippen molar-refractivity contribution in [1.82, 2.24) is 9.88 Å². The van der Waals surface area contributed by atoms with Crippen LogP contribution in [0.15, 0.2) is 36.5 Å². The van der Waals surface area contributed by atoms with Gasteiger partial charge in [0.05, 0.1) is 12.1 Å². The Labute approximate surface area is 125 Å². The van der Waals surface area contributed by atoms with Crippen molar-refractivity contribution in [3.8, 4) is 6.07 Å². The molecule has 0 aliphatic carbocycles. The monoisotopic (exact) mass is 285 g/mol. The molecule has 0 amide bonds. The standard InChI is InChI=1S/C17H20FN3/c1-13(2)10-20-11-16-7-4-8-21(16)12-15-6-3-5-14(9-19)17(15)18/h3-8,13,20H,10-12H2,1-2H3. The molecule has 1 aromatic carbocycles. The van der Waals surface area contributed by atoms with Crippen LogP contribution in [0.4, 0.5) is 4.39 Å². The van der Waals surface area contributed by atoms with E-state index in [1.165, 1.54) is 6.07 Å². The van der Waals surface area contributed by atoms with Crippen LogP contribution in [-0.2, 0) is 13.1 Å². The van der Waals surface area contributed by atoms with Crippen LogP contribution in [0.1, 0.15) is 30.7 Å². The normalized spacial score (nSPS) is 10.8. The number of nitriles is 1. The molecule has 4 heteroatoms. The summed E-state index contributed by atoms with van der Waals surface area (Å²) < 4.78 is 16.1. The van der Waals surface area contributed by atoms with E-state index in [2.05, 4.69) is 19.2 Å². The zero-order valence-electron chi connectivity index (χ0n) is 12.4. The molecule has 110 valence electrons. The highest BCUT2D eigenvalue weighted by molar-refractivity contribution is 5.35. The fraction of sp³-hybridized carbons (Fsp3) is 0.353. The summed E-state index contributed by atoms with van der Waals surface area (Å²) in [6, 6.07) is 10.8. The Morgan fingerprint density at radius 1 is 1.29 bits per heavy atom. The van der Waals surface area contributed by atoms with Crippen molar-refractivity contribution in [2.45, 2.75) is 26.9 Å². The summed E-state index contributed by atoms with van der Waals surface area (Å²) in [5.41, 5.74) is 1.74. The second kappa shape index (κ2) is 7.05. The number of halogens is 1. The van der Waals surface area contributed by atoms with E-state index in [1.54, 1.807) is 12.1 Å². The van der Waals surface area contributed by atoms with E-state index in [4.69, 9.17) is 5.26 Å². The first-order chi connectivity index (χ1) is 10.1. The molecule has 2 aromatic rings. The lowest BCUT2D eigenvalue weighted by Gasteiger charge is -2.12. The first-order valence-electron chi connectivity index (χ1n) is 7.14. The lowest BCUT2D eigenvalue weighted by Crippen LogP contribution is -2.21. The second-order valence-electron chi connectivity index (χ2n) is 5.54. The minimum atomic E-state index is -0.421. The molecule has 0 unspecified atom stereocenters. The van der Waals surface area contributed by atoms with Gasteiger partial charge in [-0.25, -0.2) is 4.39 Å². The van der Waals surface area contributed by atoms with Crippen molar-refractivity contribution in [3.63, 3.8) is 0 Å². The average Bonchev–Trinajstić information content (AvgIpc) is 2.88. The first-order valence-corrected chi connectivity index (χ1v) is 7.14. The van der Waals surface area contributed by atoms with E-state index < -0.39 is 5.82 Å². The van der Waals surface area contributed by atoms with Crippen molar-refractivity contribution < 1.29 is 4.39 Å². The zero-order chi connectivity index (χ0) is 15.2. The molecule has 0 aliphatic rings. The molecular formula is C17H20FN3. The van der Waals surface area contributed by atoms with Crippen LogP contribution in [0.5, 0.6) is 0 Å². The van der Waals surface area contributed by atoms with Crippen molar-refractivity contribution in [3.05, 3.63) is 59.2 Å². The third kappa shape index (κ3) is 3.93. The highest BCUT2D eigenvalue weighted by Gasteiger charge is 2.09. The molecule has 1 aromatic heterocycles. The number of nitrogens with one attached hydrogen (secondary N) is 1. The second-order valence-corrected chi connectivity index (χ2v) is 5.54. The van der Waals surface area contributed by atoms with Gasteiger partial charge in [-0.05, 0) is 30.7 Å². The van der Waals surface area contributed by atoms with Crippen LogP contribution in [0.2, 0.25) is 0 Å². The minimum absolute atomic E-state index is 0.0964. The molecule has 0 fully saturated rings. The Morgan fingerprint density at radius 2 is 2.10 bits per heavy atom. The van der Waals surface area contributed by atoms with Crippen molar-refractivity contribution in [2.24, 2.45) is 5.92 Å². The van der Waals surface area contributed by atoms with Crippen LogP contribution < -0.4 is 5.32 Å². The highest BCUT2D eigenvalue weighted by Crippen LogP contribution is 2.15. The number of hydrogen-bond acceptors (Lipinski definition) is 2. The molecule has 3 nitrogen and oxygen atoms in total. The first kappa shape index (κ1) is 15.3. The van der Waals surface area contributed by atoms with Gasteiger partial charge in [0.1, 0.15) is 11.9 Å². The summed E-state index contributed by atoms with van der Waals surface area (Å²) in [6.07, 6.45) is 1.94. The summed E-state index contributed by atoms with van der Waals surface area (Å²) in [4.78, 5) is 0. The van der Waals surface area contributed by atoms with Gasteiger partial charge in [-0.3, -0.25) is 0 Å². The molecule has 1 N–H and O–H groups in total. The molecule has 0 bridgehead atoms. The number of benzene rings is 1. The van der Waals surface area contributed by atoms with E-state index in [-0.39, 0.29) is 5.56 Å². The Kier molecular flexibility index (Phi) is 5.13. The Bertz CT molecular complexity index is 638. The molecule has 0 radical (unpaired) electrons. The van der Waals surface area contributed by atoms with E-state index in [0.717, 1.165) is 18.8 Å². The third-order valence-corrected chi connectivity index (χ3v) is 3.32. The Balaban J connectivity index is 2.11. The minimum Gasteiger partial charge on any atom is -0.346 e. The number of aromatic nitrogens is 1. The fourth-order valence-electron chi connectivity index (χ4n) is 2.22. The summed E-state index contributed by atoms with van der Waals surface area (Å²) in [5, 5.41) is 12.3. The summed E-state index contributed by atoms with van der Waals surface area (Å²) in [6.45, 7) is 6.46. The third-order valence-electron chi connectivity index (χ3n) is 3.32. The van der Waals surface area contributed by atoms with Gasteiger partial charge in [0.25, 0.3) is 0 Å². The number of rotatable bonds is 6. The summed E-state index contributed by atoms with van der Waals surface area (Å²) in [7, 11) is 0. The smallest absolute Gasteiger partial charge is 0.145 e. The maximum Gasteiger partial charge on any atom is 0.145 e. The molecule has 0 atom stereocenters. The molecule has 0 saturated heterocycles. The molecule has 0 spiro atoms. The SMILES string of the molecule is CC(C)CNCc1cccn1Cc1cccc(C#N)c1F. The van der Waals surface area contributed by atoms with E-state index in [1.807, 2.05) is 29.0 Å². The van der Waals surface area contributed by atoms with Gasteiger partial charge in [0, 0.05) is 24.0 Å². The maximum absolute atomic E-state index is 14.1. The predicted molar refractivity (Wildman–Crippen MR) is 81.2 cm³/mol. The van der Waals surface area contributed by atoms with Crippen LogP contribution in [0, 0.1) is 23.1 Å². The van der Waals surface area contributed by atoms with Gasteiger partial charge in [-0.1, -0.05) is 26.0 Å². The van der Waals surface area contributed by atoms with Gasteiger partial charge in [-0.15, -0.1) is 0 Å². The van der Waals surface area contributed by atoms with Crippen LogP contribution in [0.25, 0.3) is 0 Å². The fourth-order valence-corrected chi connectivity index (χ4v) is 2.22. The van der Waals surface area contributed by atoms with Crippen LogP contribution >= 0.6 is 0 Å². The van der Waals surface area contributed by atoms with Gasteiger partial charge in [-0.2, -0.15) is 5.26 Å². The average molecular weight is 285 g/mol. The Morgan fingerprint density at radius 3 is 2.81 bits per heavy atom. The van der Waals surface area contributed by atoms with Crippen LogP contribution in [-0.4, -0.2) is 11.1 Å². The molecular weight excluding hydrogens is 265 g/mol. The van der Waals surface area contributed by atoms with Gasteiger partial charge in [0.15, 0.2) is 0 Å². The van der Waals surface area contributed by atoms with Crippen molar-refractivity contribution in [1.29, 1.82) is 5.26 Å². The number of nitrogens with zero attached hydrogens (tertiary/aromatic N) is 2.